The van der Waals surface area contributed by atoms with E-state index in [1.165, 1.54) is 4.68 Å². The molecule has 0 radical (unpaired) electrons. The highest BCUT2D eigenvalue weighted by molar-refractivity contribution is 5.90. The molecule has 1 aromatic heterocycles. The van der Waals surface area contributed by atoms with Gasteiger partial charge in [-0.1, -0.05) is 79.7 Å². The van der Waals surface area contributed by atoms with Crippen LogP contribution in [-0.4, -0.2) is 44.2 Å². The lowest BCUT2D eigenvalue weighted by atomic mass is 10.0. The van der Waals surface area contributed by atoms with Gasteiger partial charge in [0.05, 0.1) is 24.0 Å². The number of benzene rings is 3. The Kier molecular flexibility index (Phi) is 9.79. The number of aromatic nitrogens is 3. The van der Waals surface area contributed by atoms with Gasteiger partial charge in [-0.05, 0) is 41.7 Å². The fourth-order valence-corrected chi connectivity index (χ4v) is 4.17. The maximum Gasteiger partial charge on any atom is 0.338 e. The van der Waals surface area contributed by atoms with Gasteiger partial charge in [-0.3, -0.25) is 10.0 Å². The van der Waals surface area contributed by atoms with Gasteiger partial charge in [-0.15, -0.1) is 5.10 Å². The Labute approximate surface area is 237 Å². The van der Waals surface area contributed by atoms with Crippen molar-refractivity contribution >= 4 is 17.9 Å². The zero-order valence-corrected chi connectivity index (χ0v) is 22.8. The quantitative estimate of drug-likeness (QED) is 0.124. The molecule has 0 unspecified atom stereocenters. The van der Waals surface area contributed by atoms with E-state index in [2.05, 4.69) is 20.9 Å². The molecule has 4 N–H and O–H groups in total. The first-order valence-corrected chi connectivity index (χ1v) is 13.1. The summed E-state index contributed by atoms with van der Waals surface area (Å²) in [4.78, 5) is 36.9. The van der Waals surface area contributed by atoms with E-state index >= 15 is 0 Å². The first-order valence-electron chi connectivity index (χ1n) is 13.1. The van der Waals surface area contributed by atoms with Crippen LogP contribution in [0.1, 0.15) is 41.9 Å². The van der Waals surface area contributed by atoms with Gasteiger partial charge >= 0.3 is 12.0 Å². The average molecular weight is 557 g/mol. The van der Waals surface area contributed by atoms with Gasteiger partial charge in [0.2, 0.25) is 0 Å². The van der Waals surface area contributed by atoms with E-state index in [0.717, 1.165) is 16.7 Å². The lowest BCUT2D eigenvalue weighted by molar-refractivity contribution is -0.131. The van der Waals surface area contributed by atoms with Crippen molar-refractivity contribution in [1.29, 1.82) is 0 Å². The molecule has 3 aromatic carbocycles. The Hall–Kier alpha value is -5.03. The molecule has 4 rings (SSSR count). The number of ether oxygens (including phenoxy) is 1. The van der Waals surface area contributed by atoms with Gasteiger partial charge in [0.1, 0.15) is 18.3 Å². The largest absolute Gasteiger partial charge is 0.457 e. The minimum absolute atomic E-state index is 0.0233. The summed E-state index contributed by atoms with van der Waals surface area (Å²) in [7, 11) is 0. The van der Waals surface area contributed by atoms with E-state index in [0.29, 0.717) is 23.4 Å². The Morgan fingerprint density at radius 3 is 2.32 bits per heavy atom. The molecular weight excluding hydrogens is 524 g/mol. The SMILES string of the molecule is CC(C)C[C@H](NC(=O)NCc1cn(-c2ccccc2COC(=O)c2ccc(-c3ccccc3)cc2)nn1)C(=O)NO. The monoisotopic (exact) mass is 556 g/mol. The summed E-state index contributed by atoms with van der Waals surface area (Å²) >= 11 is 0. The number of carbonyl (C=O) groups excluding carboxylic acids is 3. The Bertz CT molecular complexity index is 1470. The van der Waals surface area contributed by atoms with Gasteiger partial charge in [0.25, 0.3) is 5.91 Å². The van der Waals surface area contributed by atoms with E-state index in [1.54, 1.807) is 23.8 Å². The van der Waals surface area contributed by atoms with Gasteiger partial charge in [-0.2, -0.15) is 0 Å². The third kappa shape index (κ3) is 7.99. The molecule has 0 aliphatic rings. The second-order valence-electron chi connectivity index (χ2n) is 9.79. The number of hydroxylamine groups is 1. The van der Waals surface area contributed by atoms with Crippen molar-refractivity contribution in [3.63, 3.8) is 0 Å². The number of nitrogens with one attached hydrogen (secondary N) is 3. The molecule has 4 aromatic rings. The number of esters is 1. The second kappa shape index (κ2) is 13.9. The number of rotatable bonds is 11. The minimum atomic E-state index is -0.882. The average Bonchev–Trinajstić information content (AvgIpc) is 3.47. The molecule has 11 nitrogen and oxygen atoms in total. The van der Waals surface area contributed by atoms with Crippen molar-refractivity contribution in [3.05, 3.63) is 102 Å². The molecule has 0 fully saturated rings. The maximum atomic E-state index is 12.7. The smallest absolute Gasteiger partial charge is 0.338 e. The highest BCUT2D eigenvalue weighted by atomic mass is 16.5. The van der Waals surface area contributed by atoms with E-state index in [9.17, 15) is 14.4 Å². The van der Waals surface area contributed by atoms with Gasteiger partial charge in [0, 0.05) is 5.56 Å². The van der Waals surface area contributed by atoms with Crippen LogP contribution in [-0.2, 0) is 22.7 Å². The highest BCUT2D eigenvalue weighted by Crippen LogP contribution is 2.20. The molecule has 212 valence electrons. The number of urea groups is 1. The standard InChI is InChI=1S/C30H32N6O5/c1-20(2)16-26(28(37)34-40)32-30(39)31-17-25-18-36(35-33-25)27-11-7-6-10-24(27)19-41-29(38)23-14-12-22(13-15-23)21-8-4-3-5-9-21/h3-15,18,20,26,40H,16-17,19H2,1-2H3,(H,34,37)(H2,31,32,39)/t26-/m0/s1. The predicted molar refractivity (Wildman–Crippen MR) is 151 cm³/mol. The number of carbonyl (C=O) groups is 3. The van der Waals surface area contributed by atoms with Crippen molar-refractivity contribution in [3.8, 4) is 16.8 Å². The van der Waals surface area contributed by atoms with Crippen LogP contribution in [0.5, 0.6) is 0 Å². The molecule has 0 bridgehead atoms. The van der Waals surface area contributed by atoms with Crippen LogP contribution >= 0.6 is 0 Å². The van der Waals surface area contributed by atoms with Gasteiger partial charge < -0.3 is 15.4 Å². The predicted octanol–water partition coefficient (Wildman–Crippen LogP) is 4.01. The van der Waals surface area contributed by atoms with E-state index in [4.69, 9.17) is 9.94 Å². The summed E-state index contributed by atoms with van der Waals surface area (Å²) in [6, 6.07) is 23.0. The maximum absolute atomic E-state index is 12.7. The molecule has 11 heteroatoms. The van der Waals surface area contributed by atoms with Crippen LogP contribution in [0.25, 0.3) is 16.8 Å². The van der Waals surface area contributed by atoms with Crippen molar-refractivity contribution < 1.29 is 24.3 Å². The first kappa shape index (κ1) is 29.0. The number of para-hydroxylation sites is 1. The van der Waals surface area contributed by atoms with Gasteiger partial charge in [-0.25, -0.2) is 19.8 Å². The molecule has 0 saturated carbocycles. The Morgan fingerprint density at radius 2 is 1.61 bits per heavy atom. The van der Waals surface area contributed by atoms with Crippen LogP contribution in [0.15, 0.2) is 85.1 Å². The minimum Gasteiger partial charge on any atom is -0.457 e. The van der Waals surface area contributed by atoms with Crippen molar-refractivity contribution in [2.45, 2.75) is 39.5 Å². The fraction of sp³-hybridized carbons (Fsp3) is 0.233. The van der Waals surface area contributed by atoms with Crippen LogP contribution in [0.2, 0.25) is 0 Å². The van der Waals surface area contributed by atoms with Crippen LogP contribution in [0.3, 0.4) is 0 Å². The Morgan fingerprint density at radius 1 is 0.927 bits per heavy atom. The third-order valence-electron chi connectivity index (χ3n) is 6.23. The lowest BCUT2D eigenvalue weighted by Gasteiger charge is -2.18. The number of amides is 3. The Balaban J connectivity index is 1.35. The van der Waals surface area contributed by atoms with E-state index in [1.807, 2.05) is 80.6 Å². The third-order valence-corrected chi connectivity index (χ3v) is 6.23. The number of hydrogen-bond donors (Lipinski definition) is 4. The first-order chi connectivity index (χ1) is 19.8. The lowest BCUT2D eigenvalue weighted by Crippen LogP contribution is -2.49. The van der Waals surface area contributed by atoms with E-state index in [-0.39, 0.29) is 19.1 Å². The zero-order valence-electron chi connectivity index (χ0n) is 22.8. The topological polar surface area (TPSA) is 147 Å². The molecule has 0 spiro atoms. The normalized spacial score (nSPS) is 11.5. The molecule has 41 heavy (non-hydrogen) atoms. The molecule has 1 heterocycles. The molecule has 0 aliphatic heterocycles. The molecule has 1 atom stereocenters. The summed E-state index contributed by atoms with van der Waals surface area (Å²) < 4.78 is 7.12. The number of nitrogens with zero attached hydrogens (tertiary/aromatic N) is 3. The highest BCUT2D eigenvalue weighted by Gasteiger charge is 2.21. The van der Waals surface area contributed by atoms with Crippen molar-refractivity contribution in [2.24, 2.45) is 5.92 Å². The van der Waals surface area contributed by atoms with Crippen LogP contribution in [0.4, 0.5) is 4.79 Å². The molecule has 0 saturated heterocycles. The summed E-state index contributed by atoms with van der Waals surface area (Å²) in [5.41, 5.74) is 5.94. The zero-order chi connectivity index (χ0) is 29.2. The van der Waals surface area contributed by atoms with Gasteiger partial charge in [0.15, 0.2) is 0 Å². The molecule has 0 aliphatic carbocycles. The van der Waals surface area contributed by atoms with Crippen molar-refractivity contribution in [2.75, 3.05) is 0 Å². The fourth-order valence-electron chi connectivity index (χ4n) is 4.17. The molecule has 3 amide bonds. The van der Waals surface area contributed by atoms with Crippen LogP contribution < -0.4 is 16.1 Å². The van der Waals surface area contributed by atoms with Crippen molar-refractivity contribution in [1.82, 2.24) is 31.1 Å². The second-order valence-corrected chi connectivity index (χ2v) is 9.79. The summed E-state index contributed by atoms with van der Waals surface area (Å²) in [6.45, 7) is 3.88. The summed E-state index contributed by atoms with van der Waals surface area (Å²) in [6.07, 6.45) is 2.01. The summed E-state index contributed by atoms with van der Waals surface area (Å²) in [5, 5.41) is 22.4. The van der Waals surface area contributed by atoms with E-state index < -0.39 is 23.9 Å². The summed E-state index contributed by atoms with van der Waals surface area (Å²) in [5.74, 6) is -1.02. The number of hydrogen-bond acceptors (Lipinski definition) is 7. The molecular formula is C30H32N6O5. The van der Waals surface area contributed by atoms with Crippen LogP contribution in [0, 0.1) is 5.92 Å².